The van der Waals surface area contributed by atoms with Gasteiger partial charge in [0, 0.05) is 19.1 Å². The summed E-state index contributed by atoms with van der Waals surface area (Å²) >= 11 is 0. The van der Waals surface area contributed by atoms with Crippen LogP contribution in [0.3, 0.4) is 0 Å². The molecule has 0 heterocycles. The molecule has 1 aliphatic rings. The third kappa shape index (κ3) is 5.36. The van der Waals surface area contributed by atoms with Crippen LogP contribution in [-0.2, 0) is 11.2 Å². The molecule has 3 nitrogen and oxygen atoms in total. The van der Waals surface area contributed by atoms with E-state index in [9.17, 15) is 4.79 Å². The third-order valence-electron chi connectivity index (χ3n) is 4.57. The molecule has 3 heteroatoms. The summed E-state index contributed by atoms with van der Waals surface area (Å²) < 4.78 is 0. The number of carbonyl (C=O) groups excluding carboxylic acids is 1. The maximum absolute atomic E-state index is 12.3. The highest BCUT2D eigenvalue weighted by molar-refractivity contribution is 5.78. The molecule has 23 heavy (non-hydrogen) atoms. The average molecular weight is 312 g/mol. The van der Waals surface area contributed by atoms with Crippen LogP contribution in [0.1, 0.15) is 24.8 Å². The minimum Gasteiger partial charge on any atom is -0.334 e. The number of nitrogens with zero attached hydrogens (tertiary/aromatic N) is 1. The summed E-state index contributed by atoms with van der Waals surface area (Å²) in [7, 11) is 0. The second kappa shape index (κ2) is 9.31. The SMILES string of the molecule is C=CCN(CC=C)C(=O)CN[C@H]1CCC[C@H]1Cc1ccccc1. The van der Waals surface area contributed by atoms with E-state index >= 15 is 0 Å². The standard InChI is InChI=1S/C20H28N2O/c1-3-13-22(14-4-2)20(23)16-21-19-12-8-11-18(19)15-17-9-6-5-7-10-17/h3-7,9-10,18-19,21H,1-2,8,11-16H2/t18-,19-/m0/s1. The monoisotopic (exact) mass is 312 g/mol. The Hall–Kier alpha value is -1.87. The van der Waals surface area contributed by atoms with E-state index in [1.54, 1.807) is 17.1 Å². The Morgan fingerprint density at radius 3 is 2.52 bits per heavy atom. The molecule has 2 rings (SSSR count). The molecule has 124 valence electrons. The maximum Gasteiger partial charge on any atom is 0.237 e. The molecule has 0 radical (unpaired) electrons. The van der Waals surface area contributed by atoms with Crippen LogP contribution in [-0.4, -0.2) is 36.5 Å². The van der Waals surface area contributed by atoms with Gasteiger partial charge >= 0.3 is 0 Å². The Balaban J connectivity index is 1.84. The first kappa shape index (κ1) is 17.5. The first-order valence-corrected chi connectivity index (χ1v) is 8.51. The van der Waals surface area contributed by atoms with Crippen molar-refractivity contribution in [1.29, 1.82) is 0 Å². The quantitative estimate of drug-likeness (QED) is 0.710. The van der Waals surface area contributed by atoms with Crippen molar-refractivity contribution in [1.82, 2.24) is 10.2 Å². The summed E-state index contributed by atoms with van der Waals surface area (Å²) in [4.78, 5) is 14.1. The number of amides is 1. The zero-order valence-electron chi connectivity index (χ0n) is 13.9. The van der Waals surface area contributed by atoms with E-state index in [1.165, 1.54) is 18.4 Å². The molecule has 0 unspecified atom stereocenters. The molecule has 1 amide bonds. The predicted molar refractivity (Wildman–Crippen MR) is 96.3 cm³/mol. The zero-order valence-corrected chi connectivity index (χ0v) is 13.9. The van der Waals surface area contributed by atoms with Gasteiger partial charge in [0.05, 0.1) is 6.54 Å². The molecular formula is C20H28N2O. The Morgan fingerprint density at radius 2 is 1.87 bits per heavy atom. The lowest BCUT2D eigenvalue weighted by Gasteiger charge is -2.24. The van der Waals surface area contributed by atoms with Crippen molar-refractivity contribution in [3.8, 4) is 0 Å². The summed E-state index contributed by atoms with van der Waals surface area (Å²) in [6, 6.07) is 11.1. The topological polar surface area (TPSA) is 32.3 Å². The van der Waals surface area contributed by atoms with Gasteiger partial charge < -0.3 is 10.2 Å². The van der Waals surface area contributed by atoms with E-state index in [1.807, 2.05) is 0 Å². The summed E-state index contributed by atoms with van der Waals surface area (Å²) in [5, 5.41) is 3.49. The van der Waals surface area contributed by atoms with Crippen LogP contribution in [0.4, 0.5) is 0 Å². The van der Waals surface area contributed by atoms with E-state index in [0.29, 0.717) is 31.6 Å². The average Bonchev–Trinajstić information content (AvgIpc) is 3.00. The van der Waals surface area contributed by atoms with Gasteiger partial charge in [-0.2, -0.15) is 0 Å². The molecule has 0 saturated heterocycles. The van der Waals surface area contributed by atoms with Crippen LogP contribution in [0.25, 0.3) is 0 Å². The number of benzene rings is 1. The molecule has 0 aromatic heterocycles. The number of carbonyl (C=O) groups is 1. The van der Waals surface area contributed by atoms with Crippen LogP contribution < -0.4 is 5.32 Å². The van der Waals surface area contributed by atoms with E-state index < -0.39 is 0 Å². The van der Waals surface area contributed by atoms with Crippen molar-refractivity contribution >= 4 is 5.91 Å². The van der Waals surface area contributed by atoms with Crippen LogP contribution in [0.15, 0.2) is 55.6 Å². The molecule has 1 aromatic rings. The van der Waals surface area contributed by atoms with Crippen molar-refractivity contribution < 1.29 is 4.79 Å². The molecule has 1 N–H and O–H groups in total. The van der Waals surface area contributed by atoms with Gasteiger partial charge in [-0.1, -0.05) is 48.9 Å². The van der Waals surface area contributed by atoms with Crippen LogP contribution >= 0.6 is 0 Å². The van der Waals surface area contributed by atoms with E-state index in [2.05, 4.69) is 48.8 Å². The zero-order chi connectivity index (χ0) is 16.5. The van der Waals surface area contributed by atoms with Crippen molar-refractivity contribution in [2.45, 2.75) is 31.7 Å². The lowest BCUT2D eigenvalue weighted by Crippen LogP contribution is -2.43. The molecule has 2 atom stereocenters. The van der Waals surface area contributed by atoms with Gasteiger partial charge in [0.2, 0.25) is 5.91 Å². The highest BCUT2D eigenvalue weighted by Gasteiger charge is 2.27. The molecule has 1 aromatic carbocycles. The predicted octanol–water partition coefficient (Wildman–Crippen LogP) is 3.19. The van der Waals surface area contributed by atoms with Gasteiger partial charge in [-0.15, -0.1) is 13.2 Å². The summed E-state index contributed by atoms with van der Waals surface area (Å²) in [6.07, 6.45) is 8.25. The fourth-order valence-electron chi connectivity index (χ4n) is 3.39. The second-order valence-corrected chi connectivity index (χ2v) is 6.24. The minimum absolute atomic E-state index is 0.121. The highest BCUT2D eigenvalue weighted by Crippen LogP contribution is 2.28. The van der Waals surface area contributed by atoms with Crippen LogP contribution in [0.2, 0.25) is 0 Å². The smallest absolute Gasteiger partial charge is 0.237 e. The summed E-state index contributed by atoms with van der Waals surface area (Å²) in [5.74, 6) is 0.743. The van der Waals surface area contributed by atoms with Crippen molar-refractivity contribution in [2.75, 3.05) is 19.6 Å². The van der Waals surface area contributed by atoms with Crippen molar-refractivity contribution in [3.63, 3.8) is 0 Å². The normalized spacial score (nSPS) is 20.2. The molecule has 1 saturated carbocycles. The molecule has 1 aliphatic carbocycles. The van der Waals surface area contributed by atoms with Crippen LogP contribution in [0.5, 0.6) is 0 Å². The summed E-state index contributed by atoms with van der Waals surface area (Å²) in [5.41, 5.74) is 1.39. The number of hydrogen-bond donors (Lipinski definition) is 1. The fraction of sp³-hybridized carbons (Fsp3) is 0.450. The Bertz CT molecular complexity index is 502. The van der Waals surface area contributed by atoms with E-state index in [0.717, 1.165) is 12.8 Å². The van der Waals surface area contributed by atoms with Gasteiger partial charge in [0.25, 0.3) is 0 Å². The number of hydrogen-bond acceptors (Lipinski definition) is 2. The lowest BCUT2D eigenvalue weighted by molar-refractivity contribution is -0.129. The highest BCUT2D eigenvalue weighted by atomic mass is 16.2. The maximum atomic E-state index is 12.3. The van der Waals surface area contributed by atoms with Gasteiger partial charge in [-0.25, -0.2) is 0 Å². The molecule has 0 aliphatic heterocycles. The Morgan fingerprint density at radius 1 is 1.17 bits per heavy atom. The molecule has 0 bridgehead atoms. The minimum atomic E-state index is 0.121. The first-order chi connectivity index (χ1) is 11.2. The van der Waals surface area contributed by atoms with Gasteiger partial charge in [-0.3, -0.25) is 4.79 Å². The third-order valence-corrected chi connectivity index (χ3v) is 4.57. The first-order valence-electron chi connectivity index (χ1n) is 8.51. The molecule has 1 fully saturated rings. The second-order valence-electron chi connectivity index (χ2n) is 6.24. The molecular weight excluding hydrogens is 284 g/mol. The fourth-order valence-corrected chi connectivity index (χ4v) is 3.39. The summed E-state index contributed by atoms with van der Waals surface area (Å²) in [6.45, 7) is 8.97. The lowest BCUT2D eigenvalue weighted by atomic mass is 9.94. The van der Waals surface area contributed by atoms with E-state index in [4.69, 9.17) is 0 Å². The van der Waals surface area contributed by atoms with Crippen molar-refractivity contribution in [3.05, 3.63) is 61.2 Å². The Labute approximate surface area is 140 Å². The number of nitrogens with one attached hydrogen (secondary N) is 1. The number of rotatable bonds is 9. The van der Waals surface area contributed by atoms with Crippen molar-refractivity contribution in [2.24, 2.45) is 5.92 Å². The van der Waals surface area contributed by atoms with Crippen LogP contribution in [0, 0.1) is 5.92 Å². The molecule has 0 spiro atoms. The van der Waals surface area contributed by atoms with E-state index in [-0.39, 0.29) is 5.91 Å². The largest absolute Gasteiger partial charge is 0.334 e. The van der Waals surface area contributed by atoms with Gasteiger partial charge in [0.1, 0.15) is 0 Å². The van der Waals surface area contributed by atoms with Gasteiger partial charge in [-0.05, 0) is 30.7 Å². The Kier molecular flexibility index (Phi) is 7.08. The van der Waals surface area contributed by atoms with Gasteiger partial charge in [0.15, 0.2) is 0 Å².